The molecule has 0 bridgehead atoms. The Morgan fingerprint density at radius 3 is 1.97 bits per heavy atom. The van der Waals surface area contributed by atoms with E-state index < -0.39 is 0 Å². The minimum atomic E-state index is 0.211. The quantitative estimate of drug-likeness (QED) is 0.288. The number of ether oxygens (including phenoxy) is 1. The van der Waals surface area contributed by atoms with E-state index in [2.05, 4.69) is 90.0 Å². The Hall–Kier alpha value is -3.33. The molecule has 0 aromatic heterocycles. The Bertz CT molecular complexity index is 908. The number of allylic oxidation sites excluding steroid dienone is 1. The Balaban J connectivity index is 1.49. The van der Waals surface area contributed by atoms with E-state index in [1.54, 1.807) is 6.92 Å². The summed E-state index contributed by atoms with van der Waals surface area (Å²) >= 11 is 0. The van der Waals surface area contributed by atoms with E-state index in [9.17, 15) is 4.79 Å². The lowest BCUT2D eigenvalue weighted by molar-refractivity contribution is -0.117. The second-order valence-corrected chi connectivity index (χ2v) is 8.10. The highest BCUT2D eigenvalue weighted by Gasteiger charge is 2.03. The smallest absolute Gasteiger partial charge is 0.129 e. The van der Waals surface area contributed by atoms with Crippen molar-refractivity contribution in [2.45, 2.75) is 45.7 Å². The van der Waals surface area contributed by atoms with Gasteiger partial charge in [-0.2, -0.15) is 0 Å². The van der Waals surface area contributed by atoms with E-state index in [1.807, 2.05) is 12.1 Å². The summed E-state index contributed by atoms with van der Waals surface area (Å²) in [7, 11) is 0. The van der Waals surface area contributed by atoms with Gasteiger partial charge in [-0.25, -0.2) is 0 Å². The molecule has 3 aromatic rings. The Morgan fingerprint density at radius 2 is 1.41 bits per heavy atom. The summed E-state index contributed by atoms with van der Waals surface area (Å²) in [5.74, 6) is 1.08. The van der Waals surface area contributed by atoms with Crippen LogP contribution in [0.4, 0.5) is 0 Å². The largest absolute Gasteiger partial charge is 0.494 e. The molecule has 0 amide bonds. The van der Waals surface area contributed by atoms with Gasteiger partial charge in [-0.1, -0.05) is 78.9 Å². The van der Waals surface area contributed by atoms with E-state index >= 15 is 0 Å². The molecule has 166 valence electrons. The van der Waals surface area contributed by atoms with Crippen LogP contribution in [0.2, 0.25) is 0 Å². The van der Waals surface area contributed by atoms with Crippen molar-refractivity contribution >= 4 is 5.78 Å². The van der Waals surface area contributed by atoms with Gasteiger partial charge in [-0.05, 0) is 61.2 Å². The van der Waals surface area contributed by atoms with E-state index in [1.165, 1.54) is 16.7 Å². The highest BCUT2D eigenvalue weighted by molar-refractivity contribution is 5.75. The molecule has 3 heteroatoms. The van der Waals surface area contributed by atoms with E-state index in [0.29, 0.717) is 13.0 Å². The zero-order chi connectivity index (χ0) is 22.4. The van der Waals surface area contributed by atoms with Gasteiger partial charge in [0.2, 0.25) is 0 Å². The van der Waals surface area contributed by atoms with Crippen LogP contribution in [-0.4, -0.2) is 17.3 Å². The lowest BCUT2D eigenvalue weighted by atomic mass is 10.1. The van der Waals surface area contributed by atoms with Crippen molar-refractivity contribution in [3.63, 3.8) is 0 Å². The van der Waals surface area contributed by atoms with Gasteiger partial charge in [-0.15, -0.1) is 0 Å². The van der Waals surface area contributed by atoms with Crippen molar-refractivity contribution in [2.24, 2.45) is 0 Å². The highest BCUT2D eigenvalue weighted by atomic mass is 16.5. The molecule has 0 atom stereocenters. The molecule has 0 spiro atoms. The van der Waals surface area contributed by atoms with E-state index in [0.717, 1.165) is 38.1 Å². The van der Waals surface area contributed by atoms with Gasteiger partial charge in [0.25, 0.3) is 0 Å². The molecule has 32 heavy (non-hydrogen) atoms. The Morgan fingerprint density at radius 1 is 0.812 bits per heavy atom. The van der Waals surface area contributed by atoms with Crippen LogP contribution in [0, 0.1) is 0 Å². The maximum atomic E-state index is 11.0. The molecule has 0 heterocycles. The molecule has 0 saturated carbocycles. The van der Waals surface area contributed by atoms with Crippen LogP contribution in [0.1, 0.15) is 42.9 Å². The van der Waals surface area contributed by atoms with E-state index in [4.69, 9.17) is 4.74 Å². The van der Waals surface area contributed by atoms with Crippen LogP contribution in [0.5, 0.6) is 5.75 Å². The van der Waals surface area contributed by atoms with Crippen molar-refractivity contribution in [3.05, 3.63) is 114 Å². The molecule has 3 aromatic carbocycles. The molecule has 0 aliphatic carbocycles. The van der Waals surface area contributed by atoms with Crippen molar-refractivity contribution in [2.75, 3.05) is 6.61 Å². The van der Waals surface area contributed by atoms with Gasteiger partial charge in [-0.3, -0.25) is 0 Å². The first kappa shape index (κ1) is 23.3. The van der Waals surface area contributed by atoms with Gasteiger partial charge in [0, 0.05) is 19.5 Å². The second-order valence-electron chi connectivity index (χ2n) is 8.10. The molecule has 3 nitrogen and oxygen atoms in total. The SMILES string of the molecule is CC(=O)CCCOc1ccc(CC/C=C/N(Cc2ccccc2)Cc2ccccc2)cc1. The van der Waals surface area contributed by atoms with Crippen LogP contribution in [-0.2, 0) is 24.3 Å². The lowest BCUT2D eigenvalue weighted by Gasteiger charge is -2.21. The molecule has 0 unspecified atom stereocenters. The first-order valence-corrected chi connectivity index (χ1v) is 11.4. The van der Waals surface area contributed by atoms with Crippen LogP contribution >= 0.6 is 0 Å². The van der Waals surface area contributed by atoms with Crippen molar-refractivity contribution in [1.82, 2.24) is 4.90 Å². The molecule has 3 rings (SSSR count). The minimum absolute atomic E-state index is 0.211. The zero-order valence-corrected chi connectivity index (χ0v) is 19.0. The average Bonchev–Trinajstić information content (AvgIpc) is 2.81. The summed E-state index contributed by atoms with van der Waals surface area (Å²) in [5.41, 5.74) is 3.92. The molecule has 0 N–H and O–H groups in total. The number of rotatable bonds is 13. The van der Waals surface area contributed by atoms with Crippen LogP contribution in [0.15, 0.2) is 97.2 Å². The number of carbonyl (C=O) groups is 1. The zero-order valence-electron chi connectivity index (χ0n) is 19.0. The number of benzene rings is 3. The summed E-state index contributed by atoms with van der Waals surface area (Å²) in [6.45, 7) is 3.98. The van der Waals surface area contributed by atoms with E-state index in [-0.39, 0.29) is 5.78 Å². The van der Waals surface area contributed by atoms with Gasteiger partial charge in [0.1, 0.15) is 11.5 Å². The van der Waals surface area contributed by atoms with Gasteiger partial charge >= 0.3 is 0 Å². The number of Topliss-reactive ketones (excluding diaryl/α,β-unsaturated/α-hetero) is 1. The number of hydrogen-bond acceptors (Lipinski definition) is 3. The number of carbonyl (C=O) groups excluding carboxylic acids is 1. The van der Waals surface area contributed by atoms with Crippen LogP contribution < -0.4 is 4.74 Å². The number of hydrogen-bond donors (Lipinski definition) is 0. The lowest BCUT2D eigenvalue weighted by Crippen LogP contribution is -2.16. The molecule has 0 saturated heterocycles. The topological polar surface area (TPSA) is 29.5 Å². The number of ketones is 1. The van der Waals surface area contributed by atoms with Gasteiger partial charge < -0.3 is 14.4 Å². The maximum Gasteiger partial charge on any atom is 0.129 e. The normalized spacial score (nSPS) is 10.9. The van der Waals surface area contributed by atoms with Crippen molar-refractivity contribution < 1.29 is 9.53 Å². The van der Waals surface area contributed by atoms with Crippen molar-refractivity contribution in [3.8, 4) is 5.75 Å². The van der Waals surface area contributed by atoms with Crippen LogP contribution in [0.25, 0.3) is 0 Å². The fourth-order valence-electron chi connectivity index (χ4n) is 3.53. The molecule has 0 fully saturated rings. The summed E-state index contributed by atoms with van der Waals surface area (Å²) in [6.07, 6.45) is 7.81. The van der Waals surface area contributed by atoms with Crippen molar-refractivity contribution in [1.29, 1.82) is 0 Å². The molecular weight excluding hydrogens is 394 g/mol. The standard InChI is InChI=1S/C29H33NO2/c1-25(31)11-10-22-32-29-19-17-26(18-20-29)12-8-9-21-30(23-27-13-4-2-5-14-27)24-28-15-6-3-7-16-28/h2-7,9,13-21H,8,10-12,22-24H2,1H3/b21-9+. The second kappa shape index (κ2) is 13.2. The summed E-state index contributed by atoms with van der Waals surface area (Å²) in [4.78, 5) is 13.3. The molecule has 0 radical (unpaired) electrons. The monoisotopic (exact) mass is 427 g/mol. The summed E-state index contributed by atoms with van der Waals surface area (Å²) < 4.78 is 5.71. The Kier molecular flexibility index (Phi) is 9.60. The predicted octanol–water partition coefficient (Wildman–Crippen LogP) is 6.58. The van der Waals surface area contributed by atoms with Crippen LogP contribution in [0.3, 0.4) is 0 Å². The summed E-state index contributed by atoms with van der Waals surface area (Å²) in [6, 6.07) is 29.5. The number of aryl methyl sites for hydroxylation is 1. The molecule has 0 aliphatic heterocycles. The summed E-state index contributed by atoms with van der Waals surface area (Å²) in [5, 5.41) is 0. The first-order valence-electron chi connectivity index (χ1n) is 11.4. The fourth-order valence-corrected chi connectivity index (χ4v) is 3.53. The number of nitrogens with zero attached hydrogens (tertiary/aromatic N) is 1. The Labute approximate surface area is 192 Å². The van der Waals surface area contributed by atoms with Gasteiger partial charge in [0.05, 0.1) is 6.61 Å². The first-order chi connectivity index (χ1) is 15.7. The molecule has 0 aliphatic rings. The fraction of sp³-hybridized carbons (Fsp3) is 0.276. The third-order valence-corrected chi connectivity index (χ3v) is 5.24. The molecular formula is C29H33NO2. The highest BCUT2D eigenvalue weighted by Crippen LogP contribution is 2.15. The third kappa shape index (κ3) is 8.81. The predicted molar refractivity (Wildman–Crippen MR) is 131 cm³/mol. The maximum absolute atomic E-state index is 11.0. The van der Waals surface area contributed by atoms with Gasteiger partial charge in [0.15, 0.2) is 0 Å². The third-order valence-electron chi connectivity index (χ3n) is 5.24. The average molecular weight is 428 g/mol. The minimum Gasteiger partial charge on any atom is -0.494 e.